The number of halogens is 1. The number of hydrogen-bond donors (Lipinski definition) is 2. The van der Waals surface area contributed by atoms with Crippen LogP contribution in [0.4, 0.5) is 22.0 Å². The summed E-state index contributed by atoms with van der Waals surface area (Å²) >= 11 is 0. The maximum absolute atomic E-state index is 13.1. The number of ether oxygens (including phenoxy) is 1. The second-order valence-corrected chi connectivity index (χ2v) is 6.28. The van der Waals surface area contributed by atoms with E-state index in [2.05, 4.69) is 35.4 Å². The van der Waals surface area contributed by atoms with Gasteiger partial charge in [0.2, 0.25) is 11.8 Å². The smallest absolute Gasteiger partial charge is 0.322 e. The minimum absolute atomic E-state index is 0.180. The van der Waals surface area contributed by atoms with Gasteiger partial charge in [-0.2, -0.15) is 0 Å². The van der Waals surface area contributed by atoms with Crippen LogP contribution >= 0.6 is 0 Å². The zero-order chi connectivity index (χ0) is 18.9. The lowest BCUT2D eigenvalue weighted by atomic mass is 10.2. The molecule has 1 aromatic carbocycles. The number of nitrogens with zero attached hydrogens (tertiary/aromatic N) is 5. The van der Waals surface area contributed by atoms with Crippen molar-refractivity contribution in [1.29, 1.82) is 0 Å². The summed E-state index contributed by atoms with van der Waals surface area (Å²) in [6.45, 7) is 2.97. The molecule has 4 heterocycles. The average molecular weight is 381 g/mol. The molecule has 0 amide bonds. The molecule has 28 heavy (non-hydrogen) atoms. The Morgan fingerprint density at radius 1 is 1.07 bits per heavy atom. The van der Waals surface area contributed by atoms with Gasteiger partial charge in [0.1, 0.15) is 11.3 Å². The molecule has 4 aromatic rings. The number of aromatic amines is 1. The van der Waals surface area contributed by atoms with Crippen molar-refractivity contribution in [2.45, 2.75) is 0 Å². The largest absolute Gasteiger partial charge is 0.403 e. The highest BCUT2D eigenvalue weighted by Gasteiger charge is 2.17. The summed E-state index contributed by atoms with van der Waals surface area (Å²) < 4.78 is 24.1. The van der Waals surface area contributed by atoms with E-state index in [1.807, 2.05) is 6.20 Å². The molecule has 0 unspecified atom stereocenters. The Morgan fingerprint density at radius 3 is 2.71 bits per heavy atom. The van der Waals surface area contributed by atoms with E-state index in [1.165, 1.54) is 12.1 Å². The molecule has 9 nitrogen and oxygen atoms in total. The number of benzene rings is 1. The van der Waals surface area contributed by atoms with Crippen molar-refractivity contribution in [2.75, 3.05) is 36.5 Å². The maximum Gasteiger partial charge on any atom is 0.322 e. The van der Waals surface area contributed by atoms with Crippen molar-refractivity contribution in [2.24, 2.45) is 0 Å². The predicted molar refractivity (Wildman–Crippen MR) is 99.9 cm³/mol. The van der Waals surface area contributed by atoms with Crippen molar-refractivity contribution < 1.29 is 13.5 Å². The van der Waals surface area contributed by atoms with Crippen LogP contribution in [0.3, 0.4) is 0 Å². The van der Waals surface area contributed by atoms with Gasteiger partial charge in [0.15, 0.2) is 0 Å². The number of morpholine rings is 1. The van der Waals surface area contributed by atoms with Crippen LogP contribution in [-0.2, 0) is 4.74 Å². The SMILES string of the molecule is Fc1ccc(-c2nnc(Nc3nc4cncc(N5CCOCC5)c4[nH]3)o2)cc1. The number of nitrogens with one attached hydrogen (secondary N) is 2. The number of anilines is 3. The number of hydrogen-bond acceptors (Lipinski definition) is 8. The molecule has 1 fully saturated rings. The Bertz CT molecular complexity index is 1100. The first kappa shape index (κ1) is 16.6. The molecule has 0 spiro atoms. The van der Waals surface area contributed by atoms with Crippen molar-refractivity contribution >= 4 is 28.7 Å². The molecule has 0 saturated carbocycles. The average Bonchev–Trinajstić information content (AvgIpc) is 3.36. The highest BCUT2D eigenvalue weighted by atomic mass is 19.1. The van der Waals surface area contributed by atoms with Gasteiger partial charge in [-0.3, -0.25) is 10.3 Å². The highest BCUT2D eigenvalue weighted by Crippen LogP contribution is 2.27. The molecular weight excluding hydrogens is 365 g/mol. The third-order valence-electron chi connectivity index (χ3n) is 4.47. The Hall–Kier alpha value is -3.53. The minimum Gasteiger partial charge on any atom is -0.403 e. The van der Waals surface area contributed by atoms with Gasteiger partial charge in [-0.15, -0.1) is 5.10 Å². The Labute approximate surface area is 158 Å². The molecule has 5 rings (SSSR count). The molecular formula is C18H16FN7O2. The van der Waals surface area contributed by atoms with Crippen LogP contribution in [0.2, 0.25) is 0 Å². The summed E-state index contributed by atoms with van der Waals surface area (Å²) in [6, 6.07) is 6.01. The Morgan fingerprint density at radius 2 is 1.89 bits per heavy atom. The molecule has 0 radical (unpaired) electrons. The van der Waals surface area contributed by atoms with Crippen molar-refractivity contribution in [3.05, 3.63) is 42.5 Å². The summed E-state index contributed by atoms with van der Waals surface area (Å²) in [6.07, 6.45) is 3.51. The maximum atomic E-state index is 13.1. The van der Waals surface area contributed by atoms with E-state index in [0.717, 1.165) is 29.8 Å². The molecule has 0 aliphatic carbocycles. The van der Waals surface area contributed by atoms with Crippen LogP contribution in [0.25, 0.3) is 22.5 Å². The Kier molecular flexibility index (Phi) is 4.09. The van der Waals surface area contributed by atoms with Crippen LogP contribution in [-0.4, -0.2) is 51.5 Å². The van der Waals surface area contributed by atoms with Crippen LogP contribution in [0.1, 0.15) is 0 Å². The van der Waals surface area contributed by atoms with Gasteiger partial charge >= 0.3 is 6.01 Å². The van der Waals surface area contributed by atoms with E-state index in [1.54, 1.807) is 18.3 Å². The molecule has 3 aromatic heterocycles. The summed E-state index contributed by atoms with van der Waals surface area (Å²) in [5.74, 6) is 0.426. The van der Waals surface area contributed by atoms with E-state index in [4.69, 9.17) is 9.15 Å². The van der Waals surface area contributed by atoms with E-state index in [0.29, 0.717) is 24.7 Å². The molecule has 0 atom stereocenters. The summed E-state index contributed by atoms with van der Waals surface area (Å²) in [5, 5.41) is 10.9. The predicted octanol–water partition coefficient (Wildman–Crippen LogP) is 2.73. The van der Waals surface area contributed by atoms with Gasteiger partial charge in [-0.05, 0) is 24.3 Å². The van der Waals surface area contributed by atoms with E-state index >= 15 is 0 Å². The number of fused-ring (bicyclic) bond motifs is 1. The Balaban J connectivity index is 1.40. The van der Waals surface area contributed by atoms with Crippen molar-refractivity contribution in [3.8, 4) is 11.5 Å². The number of H-pyrrole nitrogens is 1. The molecule has 1 saturated heterocycles. The first-order valence-corrected chi connectivity index (χ1v) is 8.79. The lowest BCUT2D eigenvalue weighted by Crippen LogP contribution is -2.36. The minimum atomic E-state index is -0.325. The van der Waals surface area contributed by atoms with Crippen LogP contribution in [0.15, 0.2) is 41.1 Å². The second kappa shape index (κ2) is 6.89. The summed E-state index contributed by atoms with van der Waals surface area (Å²) in [4.78, 5) is 14.2. The number of imidazole rings is 1. The van der Waals surface area contributed by atoms with E-state index in [-0.39, 0.29) is 17.7 Å². The van der Waals surface area contributed by atoms with Crippen molar-refractivity contribution in [3.63, 3.8) is 0 Å². The first-order chi connectivity index (χ1) is 13.8. The number of pyridine rings is 1. The zero-order valence-corrected chi connectivity index (χ0v) is 14.7. The molecule has 142 valence electrons. The third-order valence-corrected chi connectivity index (χ3v) is 4.47. The molecule has 10 heteroatoms. The third kappa shape index (κ3) is 3.14. The summed E-state index contributed by atoms with van der Waals surface area (Å²) in [7, 11) is 0. The van der Waals surface area contributed by atoms with E-state index < -0.39 is 0 Å². The lowest BCUT2D eigenvalue weighted by molar-refractivity contribution is 0.123. The highest BCUT2D eigenvalue weighted by molar-refractivity contribution is 5.89. The number of aromatic nitrogens is 5. The second-order valence-electron chi connectivity index (χ2n) is 6.28. The molecule has 0 bridgehead atoms. The van der Waals surface area contributed by atoms with Gasteiger partial charge in [-0.1, -0.05) is 5.10 Å². The first-order valence-electron chi connectivity index (χ1n) is 8.79. The van der Waals surface area contributed by atoms with Gasteiger partial charge < -0.3 is 19.0 Å². The lowest BCUT2D eigenvalue weighted by Gasteiger charge is -2.28. The van der Waals surface area contributed by atoms with Crippen LogP contribution in [0, 0.1) is 5.82 Å². The molecule has 2 N–H and O–H groups in total. The fourth-order valence-corrected chi connectivity index (χ4v) is 3.11. The van der Waals surface area contributed by atoms with Crippen LogP contribution < -0.4 is 10.2 Å². The van der Waals surface area contributed by atoms with Crippen LogP contribution in [0.5, 0.6) is 0 Å². The normalized spacial score (nSPS) is 14.5. The summed E-state index contributed by atoms with van der Waals surface area (Å²) in [5.41, 5.74) is 3.20. The fraction of sp³-hybridized carbons (Fsp3) is 0.222. The fourth-order valence-electron chi connectivity index (χ4n) is 3.11. The monoisotopic (exact) mass is 381 g/mol. The van der Waals surface area contributed by atoms with Crippen molar-refractivity contribution in [1.82, 2.24) is 25.1 Å². The topological polar surface area (TPSA) is 105 Å². The quantitative estimate of drug-likeness (QED) is 0.556. The molecule has 1 aliphatic rings. The number of rotatable bonds is 4. The van der Waals surface area contributed by atoms with E-state index in [9.17, 15) is 4.39 Å². The standard InChI is InChI=1S/C18H16FN7O2/c19-12-3-1-11(2-4-12)16-24-25-18(28-16)23-17-21-13-9-20-10-14(15(13)22-17)26-5-7-27-8-6-26/h1-4,9-10H,5-8H2,(H2,21,22,23,25). The van der Waals surface area contributed by atoms with Gasteiger partial charge in [0.25, 0.3) is 0 Å². The zero-order valence-electron chi connectivity index (χ0n) is 14.7. The van der Waals surface area contributed by atoms with Gasteiger partial charge in [0.05, 0.1) is 36.8 Å². The van der Waals surface area contributed by atoms with Gasteiger partial charge in [-0.25, -0.2) is 9.37 Å². The van der Waals surface area contributed by atoms with Gasteiger partial charge in [0, 0.05) is 18.7 Å². The molecule has 1 aliphatic heterocycles.